The first-order valence-corrected chi connectivity index (χ1v) is 7.01. The molecule has 0 radical (unpaired) electrons. The Morgan fingerprint density at radius 1 is 0.857 bits per heavy atom. The summed E-state index contributed by atoms with van der Waals surface area (Å²) < 4.78 is 0. The van der Waals surface area contributed by atoms with Crippen molar-refractivity contribution >= 4 is 0 Å². The van der Waals surface area contributed by atoms with Gasteiger partial charge in [0, 0.05) is 11.8 Å². The van der Waals surface area contributed by atoms with E-state index in [1.54, 1.807) is 6.20 Å². The molecule has 1 heterocycles. The smallest absolute Gasteiger partial charge is 0.145 e. The summed E-state index contributed by atoms with van der Waals surface area (Å²) in [5.74, 6) is 0.681. The van der Waals surface area contributed by atoms with Gasteiger partial charge < -0.3 is 5.73 Å². The second-order valence-corrected chi connectivity index (χ2v) is 4.96. The van der Waals surface area contributed by atoms with Gasteiger partial charge in [-0.3, -0.25) is 0 Å². The first-order chi connectivity index (χ1) is 10.3. The fourth-order valence-electron chi connectivity index (χ4n) is 2.28. The maximum atomic E-state index is 6.25. The molecule has 21 heavy (non-hydrogen) atoms. The second-order valence-electron chi connectivity index (χ2n) is 4.96. The van der Waals surface area contributed by atoms with Gasteiger partial charge in [0.2, 0.25) is 0 Å². The highest BCUT2D eigenvalue weighted by molar-refractivity contribution is 5.58. The van der Waals surface area contributed by atoms with Crippen molar-refractivity contribution in [1.29, 1.82) is 0 Å². The first kappa shape index (κ1) is 13.5. The van der Waals surface area contributed by atoms with E-state index < -0.39 is 0 Å². The van der Waals surface area contributed by atoms with Gasteiger partial charge in [0.25, 0.3) is 0 Å². The Kier molecular flexibility index (Phi) is 4.03. The number of aromatic nitrogens is 2. The molecule has 0 saturated heterocycles. The molecule has 0 unspecified atom stereocenters. The normalized spacial score (nSPS) is 12.0. The minimum atomic E-state index is -0.198. The van der Waals surface area contributed by atoms with Crippen molar-refractivity contribution in [3.8, 4) is 11.3 Å². The van der Waals surface area contributed by atoms with E-state index in [1.165, 1.54) is 5.56 Å². The minimum Gasteiger partial charge on any atom is -0.321 e. The van der Waals surface area contributed by atoms with E-state index in [0.29, 0.717) is 5.82 Å². The van der Waals surface area contributed by atoms with E-state index in [-0.39, 0.29) is 6.04 Å². The zero-order valence-corrected chi connectivity index (χ0v) is 11.7. The summed E-state index contributed by atoms with van der Waals surface area (Å²) in [6.45, 7) is 0. The van der Waals surface area contributed by atoms with Gasteiger partial charge in [-0.2, -0.15) is 0 Å². The lowest BCUT2D eigenvalue weighted by atomic mass is 10.1. The molecule has 2 aromatic carbocycles. The van der Waals surface area contributed by atoms with Crippen molar-refractivity contribution < 1.29 is 0 Å². The Labute approximate surface area is 124 Å². The van der Waals surface area contributed by atoms with Crippen molar-refractivity contribution in [1.82, 2.24) is 9.97 Å². The summed E-state index contributed by atoms with van der Waals surface area (Å²) in [6.07, 6.45) is 2.51. The van der Waals surface area contributed by atoms with Gasteiger partial charge in [-0.25, -0.2) is 9.97 Å². The Morgan fingerprint density at radius 2 is 1.52 bits per heavy atom. The van der Waals surface area contributed by atoms with Gasteiger partial charge in [0.1, 0.15) is 5.82 Å². The van der Waals surface area contributed by atoms with Crippen LogP contribution in [0.3, 0.4) is 0 Å². The highest BCUT2D eigenvalue weighted by atomic mass is 14.9. The molecule has 0 aliphatic rings. The molecule has 3 nitrogen and oxygen atoms in total. The lowest BCUT2D eigenvalue weighted by Gasteiger charge is -2.11. The van der Waals surface area contributed by atoms with Crippen molar-refractivity contribution in [2.24, 2.45) is 5.73 Å². The molecule has 0 bridgehead atoms. The van der Waals surface area contributed by atoms with Crippen molar-refractivity contribution in [2.45, 2.75) is 12.5 Å². The minimum absolute atomic E-state index is 0.198. The number of hydrogen-bond acceptors (Lipinski definition) is 3. The largest absolute Gasteiger partial charge is 0.321 e. The molecule has 0 aliphatic carbocycles. The second kappa shape index (κ2) is 6.29. The molecule has 0 spiro atoms. The molecular weight excluding hydrogens is 258 g/mol. The lowest BCUT2D eigenvalue weighted by Crippen LogP contribution is -2.16. The lowest BCUT2D eigenvalue weighted by molar-refractivity contribution is 0.668. The molecule has 0 fully saturated rings. The zero-order chi connectivity index (χ0) is 14.5. The third-order valence-corrected chi connectivity index (χ3v) is 3.37. The molecule has 104 valence electrons. The topological polar surface area (TPSA) is 51.8 Å². The summed E-state index contributed by atoms with van der Waals surface area (Å²) in [6, 6.07) is 22.0. The number of nitrogens with two attached hydrogens (primary N) is 1. The molecule has 3 heteroatoms. The zero-order valence-electron chi connectivity index (χ0n) is 11.7. The Morgan fingerprint density at radius 3 is 2.24 bits per heavy atom. The molecule has 2 N–H and O–H groups in total. The number of benzene rings is 2. The molecule has 1 aromatic heterocycles. The van der Waals surface area contributed by atoms with Crippen molar-refractivity contribution in [3.05, 3.63) is 84.3 Å². The number of rotatable bonds is 4. The van der Waals surface area contributed by atoms with Gasteiger partial charge in [0.05, 0.1) is 11.7 Å². The molecular formula is C18H17N3. The van der Waals surface area contributed by atoms with Crippen LogP contribution in [0.5, 0.6) is 0 Å². The van der Waals surface area contributed by atoms with Crippen LogP contribution in [-0.2, 0) is 6.42 Å². The van der Waals surface area contributed by atoms with E-state index in [4.69, 9.17) is 5.73 Å². The van der Waals surface area contributed by atoms with Crippen LogP contribution in [0, 0.1) is 0 Å². The third-order valence-electron chi connectivity index (χ3n) is 3.37. The molecule has 0 saturated carbocycles. The maximum absolute atomic E-state index is 6.25. The molecule has 3 aromatic rings. The average molecular weight is 275 g/mol. The fourth-order valence-corrected chi connectivity index (χ4v) is 2.28. The summed E-state index contributed by atoms with van der Waals surface area (Å²) in [5.41, 5.74) is 9.43. The fraction of sp³-hybridized carbons (Fsp3) is 0.111. The average Bonchev–Trinajstić information content (AvgIpc) is 2.57. The van der Waals surface area contributed by atoms with Gasteiger partial charge in [-0.15, -0.1) is 0 Å². The highest BCUT2D eigenvalue weighted by Gasteiger charge is 2.11. The van der Waals surface area contributed by atoms with Crippen LogP contribution in [-0.4, -0.2) is 9.97 Å². The van der Waals surface area contributed by atoms with Crippen molar-refractivity contribution in [3.63, 3.8) is 0 Å². The standard InChI is InChI=1S/C18H17N3/c19-16(13-14-7-3-1-4-8-14)18-20-12-11-17(21-18)15-9-5-2-6-10-15/h1-12,16H,13,19H2/t16-/m0/s1. The molecule has 1 atom stereocenters. The summed E-state index contributed by atoms with van der Waals surface area (Å²) in [7, 11) is 0. The van der Waals surface area contributed by atoms with Crippen LogP contribution in [0.1, 0.15) is 17.4 Å². The van der Waals surface area contributed by atoms with E-state index in [0.717, 1.165) is 17.7 Å². The summed E-state index contributed by atoms with van der Waals surface area (Å²) in [5, 5.41) is 0. The van der Waals surface area contributed by atoms with Crippen LogP contribution < -0.4 is 5.73 Å². The van der Waals surface area contributed by atoms with E-state index in [9.17, 15) is 0 Å². The SMILES string of the molecule is N[C@@H](Cc1ccccc1)c1nccc(-c2ccccc2)n1. The molecule has 0 amide bonds. The first-order valence-electron chi connectivity index (χ1n) is 7.01. The Hall–Kier alpha value is -2.52. The Balaban J connectivity index is 1.83. The third kappa shape index (κ3) is 3.33. The number of nitrogens with zero attached hydrogens (tertiary/aromatic N) is 2. The maximum Gasteiger partial charge on any atom is 0.145 e. The number of hydrogen-bond donors (Lipinski definition) is 1. The van der Waals surface area contributed by atoms with Crippen LogP contribution in [0.25, 0.3) is 11.3 Å². The monoisotopic (exact) mass is 275 g/mol. The van der Waals surface area contributed by atoms with Crippen LogP contribution in [0.4, 0.5) is 0 Å². The van der Waals surface area contributed by atoms with E-state index >= 15 is 0 Å². The highest BCUT2D eigenvalue weighted by Crippen LogP contribution is 2.18. The predicted molar refractivity (Wildman–Crippen MR) is 84.5 cm³/mol. The quantitative estimate of drug-likeness (QED) is 0.794. The van der Waals surface area contributed by atoms with Gasteiger partial charge >= 0.3 is 0 Å². The molecule has 3 rings (SSSR count). The van der Waals surface area contributed by atoms with E-state index in [2.05, 4.69) is 22.1 Å². The van der Waals surface area contributed by atoms with Crippen LogP contribution >= 0.6 is 0 Å². The van der Waals surface area contributed by atoms with Gasteiger partial charge in [-0.1, -0.05) is 60.7 Å². The van der Waals surface area contributed by atoms with Crippen LogP contribution in [0.15, 0.2) is 72.9 Å². The van der Waals surface area contributed by atoms with Gasteiger partial charge in [-0.05, 0) is 18.1 Å². The summed E-state index contributed by atoms with van der Waals surface area (Å²) >= 11 is 0. The van der Waals surface area contributed by atoms with Gasteiger partial charge in [0.15, 0.2) is 0 Å². The molecule has 0 aliphatic heterocycles. The van der Waals surface area contributed by atoms with Crippen LogP contribution in [0.2, 0.25) is 0 Å². The predicted octanol–water partition coefficient (Wildman–Crippen LogP) is 3.39. The Bertz CT molecular complexity index is 696. The van der Waals surface area contributed by atoms with E-state index in [1.807, 2.05) is 54.6 Å². The summed E-state index contributed by atoms with van der Waals surface area (Å²) in [4.78, 5) is 8.93. The van der Waals surface area contributed by atoms with Crippen molar-refractivity contribution in [2.75, 3.05) is 0 Å².